The number of rotatable bonds is 4. The number of aliphatic hydroxyl groups is 1. The van der Waals surface area contributed by atoms with E-state index in [9.17, 15) is 9.90 Å². The van der Waals surface area contributed by atoms with Crippen molar-refractivity contribution in [2.75, 3.05) is 6.54 Å². The third-order valence-electron chi connectivity index (χ3n) is 4.22. The molecular formula is C19H22N2O2. The zero-order valence-electron chi connectivity index (χ0n) is 13.0. The number of hydrogen-bond donors (Lipinski definition) is 3. The number of urea groups is 1. The lowest BCUT2D eigenvalue weighted by Crippen LogP contribution is -2.43. The quantitative estimate of drug-likeness (QED) is 0.759. The summed E-state index contributed by atoms with van der Waals surface area (Å²) >= 11 is 0. The van der Waals surface area contributed by atoms with E-state index in [-0.39, 0.29) is 18.6 Å². The molecule has 23 heavy (non-hydrogen) atoms. The van der Waals surface area contributed by atoms with Crippen LogP contribution in [0.3, 0.4) is 0 Å². The normalized spacial score (nSPS) is 18.6. The van der Waals surface area contributed by atoms with Gasteiger partial charge in [0, 0.05) is 12.6 Å². The van der Waals surface area contributed by atoms with E-state index in [1.807, 2.05) is 42.5 Å². The van der Waals surface area contributed by atoms with Crippen LogP contribution in [0.2, 0.25) is 0 Å². The highest BCUT2D eigenvalue weighted by Crippen LogP contribution is 2.20. The van der Waals surface area contributed by atoms with Gasteiger partial charge in [-0.3, -0.25) is 0 Å². The summed E-state index contributed by atoms with van der Waals surface area (Å²) in [7, 11) is 0. The number of carbonyl (C=O) groups is 1. The Hall–Kier alpha value is -2.33. The second-order valence-corrected chi connectivity index (χ2v) is 5.96. The van der Waals surface area contributed by atoms with E-state index in [4.69, 9.17) is 0 Å². The number of allylic oxidation sites excluding steroid dienone is 1. The molecule has 2 unspecified atom stereocenters. The minimum absolute atomic E-state index is 0.192. The molecule has 0 bridgehead atoms. The van der Waals surface area contributed by atoms with Gasteiger partial charge in [0.25, 0.3) is 0 Å². The number of benzene rings is 2. The number of aliphatic hydroxyl groups excluding tert-OH is 1. The Bertz CT molecular complexity index is 711. The number of amides is 2. The van der Waals surface area contributed by atoms with E-state index in [0.717, 1.165) is 35.6 Å². The van der Waals surface area contributed by atoms with E-state index in [2.05, 4.69) is 22.8 Å². The first-order valence-electron chi connectivity index (χ1n) is 8.08. The summed E-state index contributed by atoms with van der Waals surface area (Å²) in [5, 5.41) is 18.2. The van der Waals surface area contributed by atoms with Crippen LogP contribution in [-0.2, 0) is 0 Å². The van der Waals surface area contributed by atoms with Gasteiger partial charge in [-0.05, 0) is 41.7 Å². The second-order valence-electron chi connectivity index (χ2n) is 5.96. The molecule has 2 amide bonds. The second kappa shape index (κ2) is 7.29. The maximum Gasteiger partial charge on any atom is 0.315 e. The fourth-order valence-corrected chi connectivity index (χ4v) is 2.88. The van der Waals surface area contributed by atoms with Gasteiger partial charge in [0.1, 0.15) is 0 Å². The van der Waals surface area contributed by atoms with Crippen molar-refractivity contribution in [2.24, 2.45) is 0 Å². The van der Waals surface area contributed by atoms with Gasteiger partial charge in [-0.1, -0.05) is 48.6 Å². The Morgan fingerprint density at radius 3 is 2.78 bits per heavy atom. The zero-order chi connectivity index (χ0) is 16.1. The molecule has 4 nitrogen and oxygen atoms in total. The van der Waals surface area contributed by atoms with E-state index >= 15 is 0 Å². The molecule has 2 atom stereocenters. The van der Waals surface area contributed by atoms with Crippen molar-refractivity contribution >= 4 is 16.8 Å². The van der Waals surface area contributed by atoms with Crippen LogP contribution in [0.25, 0.3) is 10.8 Å². The molecule has 0 aromatic heterocycles. The molecule has 120 valence electrons. The maximum atomic E-state index is 11.9. The summed E-state index contributed by atoms with van der Waals surface area (Å²) in [5.41, 5.74) is 0.810. The summed E-state index contributed by atoms with van der Waals surface area (Å²) < 4.78 is 0. The lowest BCUT2D eigenvalue weighted by atomic mass is 10.0. The average molecular weight is 310 g/mol. The Morgan fingerprint density at radius 2 is 2.00 bits per heavy atom. The van der Waals surface area contributed by atoms with E-state index in [0.29, 0.717) is 0 Å². The number of hydrogen-bond acceptors (Lipinski definition) is 2. The molecule has 0 radical (unpaired) electrons. The molecule has 2 aromatic rings. The number of carbonyl (C=O) groups excluding carboxylic acids is 1. The highest BCUT2D eigenvalue weighted by atomic mass is 16.3. The summed E-state index contributed by atoms with van der Waals surface area (Å²) in [5.74, 6) is 0. The van der Waals surface area contributed by atoms with Gasteiger partial charge in [-0.25, -0.2) is 4.79 Å². The molecule has 2 aromatic carbocycles. The van der Waals surface area contributed by atoms with Gasteiger partial charge in [0.15, 0.2) is 0 Å². The van der Waals surface area contributed by atoms with Crippen LogP contribution < -0.4 is 10.6 Å². The van der Waals surface area contributed by atoms with Crippen molar-refractivity contribution in [3.8, 4) is 0 Å². The average Bonchev–Trinajstić information content (AvgIpc) is 2.60. The third kappa shape index (κ3) is 4.11. The van der Waals surface area contributed by atoms with Gasteiger partial charge in [0.2, 0.25) is 0 Å². The minimum Gasteiger partial charge on any atom is -0.387 e. The van der Waals surface area contributed by atoms with Crippen molar-refractivity contribution in [2.45, 2.75) is 31.4 Å². The van der Waals surface area contributed by atoms with Crippen LogP contribution >= 0.6 is 0 Å². The molecule has 0 aliphatic heterocycles. The van der Waals surface area contributed by atoms with Gasteiger partial charge in [-0.15, -0.1) is 0 Å². The zero-order valence-corrected chi connectivity index (χ0v) is 13.0. The lowest BCUT2D eigenvalue weighted by Gasteiger charge is -2.20. The molecule has 3 N–H and O–H groups in total. The first-order valence-corrected chi connectivity index (χ1v) is 8.08. The number of nitrogens with one attached hydrogen (secondary N) is 2. The van der Waals surface area contributed by atoms with Crippen LogP contribution in [0, 0.1) is 0 Å². The van der Waals surface area contributed by atoms with Gasteiger partial charge < -0.3 is 15.7 Å². The van der Waals surface area contributed by atoms with Crippen LogP contribution in [0.15, 0.2) is 54.6 Å². The minimum atomic E-state index is -0.711. The molecule has 1 aliphatic rings. The summed E-state index contributed by atoms with van der Waals surface area (Å²) in [6.45, 7) is 0.201. The van der Waals surface area contributed by atoms with Crippen molar-refractivity contribution < 1.29 is 9.90 Å². The molecule has 0 spiro atoms. The predicted octanol–water partition coefficient (Wildman–Crippen LogP) is 3.28. The Balaban J connectivity index is 1.54. The topological polar surface area (TPSA) is 61.4 Å². The Labute approximate surface area is 136 Å². The molecule has 4 heteroatoms. The largest absolute Gasteiger partial charge is 0.387 e. The van der Waals surface area contributed by atoms with Gasteiger partial charge in [-0.2, -0.15) is 0 Å². The van der Waals surface area contributed by atoms with Crippen LogP contribution in [0.4, 0.5) is 4.79 Å². The van der Waals surface area contributed by atoms with E-state index in [1.54, 1.807) is 0 Å². The van der Waals surface area contributed by atoms with Crippen LogP contribution in [0.5, 0.6) is 0 Å². The van der Waals surface area contributed by atoms with Gasteiger partial charge >= 0.3 is 6.03 Å². The first-order chi connectivity index (χ1) is 11.2. The highest BCUT2D eigenvalue weighted by molar-refractivity contribution is 5.83. The van der Waals surface area contributed by atoms with Crippen molar-refractivity contribution in [1.29, 1.82) is 0 Å². The van der Waals surface area contributed by atoms with E-state index < -0.39 is 6.10 Å². The SMILES string of the molecule is O=C(NCC(O)c1ccc2ccccc2c1)NC1CC=CCC1. The summed E-state index contributed by atoms with van der Waals surface area (Å²) in [6, 6.07) is 13.8. The summed E-state index contributed by atoms with van der Waals surface area (Å²) in [6.07, 6.45) is 6.37. The van der Waals surface area contributed by atoms with Crippen molar-refractivity contribution in [3.63, 3.8) is 0 Å². The smallest absolute Gasteiger partial charge is 0.315 e. The Kier molecular flexibility index (Phi) is 4.93. The lowest BCUT2D eigenvalue weighted by molar-refractivity contribution is 0.172. The molecule has 0 saturated heterocycles. The van der Waals surface area contributed by atoms with Crippen molar-refractivity contribution in [1.82, 2.24) is 10.6 Å². The highest BCUT2D eigenvalue weighted by Gasteiger charge is 2.14. The molecule has 0 heterocycles. The predicted molar refractivity (Wildman–Crippen MR) is 92.2 cm³/mol. The van der Waals surface area contributed by atoms with E-state index in [1.165, 1.54) is 0 Å². The fraction of sp³-hybridized carbons (Fsp3) is 0.316. The summed E-state index contributed by atoms with van der Waals surface area (Å²) in [4.78, 5) is 11.9. The van der Waals surface area contributed by atoms with Crippen LogP contribution in [0.1, 0.15) is 30.9 Å². The van der Waals surface area contributed by atoms with Crippen molar-refractivity contribution in [3.05, 3.63) is 60.2 Å². The monoisotopic (exact) mass is 310 g/mol. The van der Waals surface area contributed by atoms with Crippen LogP contribution in [-0.4, -0.2) is 23.7 Å². The first kappa shape index (κ1) is 15.6. The maximum absolute atomic E-state index is 11.9. The van der Waals surface area contributed by atoms with Gasteiger partial charge in [0.05, 0.1) is 6.10 Å². The third-order valence-corrected chi connectivity index (χ3v) is 4.22. The Morgan fingerprint density at radius 1 is 1.17 bits per heavy atom. The standard InChI is InChI=1S/C19H22N2O2/c22-18(13-20-19(23)21-17-8-2-1-3-9-17)16-11-10-14-6-4-5-7-15(14)12-16/h1-2,4-7,10-12,17-18,22H,3,8-9,13H2,(H2,20,21,23). The number of fused-ring (bicyclic) bond motifs is 1. The molecular weight excluding hydrogens is 288 g/mol. The molecule has 3 rings (SSSR count). The molecule has 1 aliphatic carbocycles. The molecule has 0 saturated carbocycles. The fourth-order valence-electron chi connectivity index (χ4n) is 2.88. The molecule has 0 fully saturated rings.